The quantitative estimate of drug-likeness (QED) is 0.388. The van der Waals surface area contributed by atoms with Gasteiger partial charge in [-0.05, 0) is 25.1 Å². The molecular weight excluding hydrogens is 274 g/mol. The van der Waals surface area contributed by atoms with Gasteiger partial charge in [0.1, 0.15) is 22.3 Å². The maximum absolute atomic E-state index is 12.1. The molecule has 6 heteroatoms. The summed E-state index contributed by atoms with van der Waals surface area (Å²) < 4.78 is 10.8. The minimum absolute atomic E-state index is 0.246. The van der Waals surface area contributed by atoms with Crippen LogP contribution in [0.1, 0.15) is 18.6 Å². The van der Waals surface area contributed by atoms with E-state index in [4.69, 9.17) is 14.2 Å². The zero-order valence-electron chi connectivity index (χ0n) is 11.0. The first-order valence-electron chi connectivity index (χ1n) is 6.50. The lowest BCUT2D eigenvalue weighted by atomic mass is 10.1. The van der Waals surface area contributed by atoms with Crippen LogP contribution in [0, 0.1) is 5.41 Å². The summed E-state index contributed by atoms with van der Waals surface area (Å²) in [4.78, 5) is 12.1. The van der Waals surface area contributed by atoms with Crippen molar-refractivity contribution in [2.45, 2.75) is 19.3 Å². The Bertz CT molecular complexity index is 890. The monoisotopic (exact) mass is 287 g/mol. The van der Waals surface area contributed by atoms with Gasteiger partial charge in [-0.2, -0.15) is 0 Å². The molecule has 3 N–H and O–H groups in total. The Morgan fingerprint density at radius 3 is 2.62 bits per heavy atom. The van der Waals surface area contributed by atoms with Crippen molar-refractivity contribution < 1.29 is 19.0 Å². The normalized spacial score (nSPS) is 11.2. The van der Waals surface area contributed by atoms with E-state index in [0.717, 1.165) is 0 Å². The minimum Gasteiger partial charge on any atom is -0.504 e. The predicted molar refractivity (Wildman–Crippen MR) is 77.3 cm³/mol. The highest BCUT2D eigenvalue weighted by atomic mass is 16.4. The fourth-order valence-corrected chi connectivity index (χ4v) is 2.30. The Balaban J connectivity index is 2.17. The van der Waals surface area contributed by atoms with E-state index in [2.05, 4.69) is 0 Å². The van der Waals surface area contributed by atoms with E-state index >= 15 is 0 Å². The van der Waals surface area contributed by atoms with Crippen LogP contribution in [0.15, 0.2) is 31.8 Å². The highest BCUT2D eigenvalue weighted by Gasteiger charge is 2.16. The molecule has 2 heterocycles. The van der Waals surface area contributed by atoms with Crippen molar-refractivity contribution in [2.24, 2.45) is 0 Å². The molecule has 6 nitrogen and oxygen atoms in total. The summed E-state index contributed by atoms with van der Waals surface area (Å²) in [6, 6.07) is 4.18. The van der Waals surface area contributed by atoms with Crippen molar-refractivity contribution in [1.29, 1.82) is 5.41 Å². The Morgan fingerprint density at radius 2 is 1.86 bits per heavy atom. The first-order chi connectivity index (χ1) is 10.1. The third-order valence-electron chi connectivity index (χ3n) is 3.30. The second-order valence-electron chi connectivity index (χ2n) is 4.77. The molecule has 3 aromatic rings. The van der Waals surface area contributed by atoms with Crippen LogP contribution in [0.25, 0.3) is 21.9 Å². The molecule has 0 saturated heterocycles. The molecule has 0 aliphatic carbocycles. The number of nitrogens with one attached hydrogen (secondary N) is 1. The van der Waals surface area contributed by atoms with Gasteiger partial charge in [-0.3, -0.25) is 0 Å². The topological polar surface area (TPSA) is 108 Å². The summed E-state index contributed by atoms with van der Waals surface area (Å²) in [5.74, 6) is -0.140. The van der Waals surface area contributed by atoms with Gasteiger partial charge < -0.3 is 24.5 Å². The van der Waals surface area contributed by atoms with Gasteiger partial charge in [0.25, 0.3) is 0 Å². The Hall–Kier alpha value is -2.76. The van der Waals surface area contributed by atoms with Crippen molar-refractivity contribution in [2.75, 3.05) is 0 Å². The molecule has 0 spiro atoms. The summed E-state index contributed by atoms with van der Waals surface area (Å²) in [7, 11) is 0. The molecule has 3 rings (SSSR count). The summed E-state index contributed by atoms with van der Waals surface area (Å²) >= 11 is 0. The molecule has 0 saturated carbocycles. The molecule has 0 unspecified atom stereocenters. The van der Waals surface area contributed by atoms with Crippen LogP contribution in [0.4, 0.5) is 0 Å². The zero-order valence-corrected chi connectivity index (χ0v) is 11.0. The zero-order chi connectivity index (χ0) is 15.0. The second kappa shape index (κ2) is 4.97. The maximum atomic E-state index is 12.1. The van der Waals surface area contributed by atoms with Crippen LogP contribution in [0.2, 0.25) is 0 Å². The van der Waals surface area contributed by atoms with E-state index in [0.29, 0.717) is 41.6 Å². The molecule has 1 aromatic carbocycles. The van der Waals surface area contributed by atoms with E-state index in [1.165, 1.54) is 18.3 Å². The van der Waals surface area contributed by atoms with Gasteiger partial charge in [0.05, 0.1) is 0 Å². The van der Waals surface area contributed by atoms with Gasteiger partial charge in [0.2, 0.25) is 0 Å². The van der Waals surface area contributed by atoms with E-state index in [-0.39, 0.29) is 16.9 Å². The van der Waals surface area contributed by atoms with Gasteiger partial charge in [0, 0.05) is 23.9 Å². The number of unbranched alkanes of at least 4 members (excludes halogenated alkanes) is 1. The van der Waals surface area contributed by atoms with Crippen LogP contribution in [0.5, 0.6) is 11.5 Å². The van der Waals surface area contributed by atoms with Gasteiger partial charge in [-0.1, -0.05) is 0 Å². The van der Waals surface area contributed by atoms with Gasteiger partial charge in [-0.25, -0.2) is 4.79 Å². The third kappa shape index (κ3) is 2.24. The maximum Gasteiger partial charge on any atom is 0.347 e. The third-order valence-corrected chi connectivity index (χ3v) is 3.30. The van der Waals surface area contributed by atoms with E-state index in [9.17, 15) is 15.0 Å². The number of hydrogen-bond donors (Lipinski definition) is 3. The molecule has 0 radical (unpaired) electrons. The lowest BCUT2D eigenvalue weighted by Gasteiger charge is -1.98. The number of furan rings is 1. The van der Waals surface area contributed by atoms with E-state index in [1.54, 1.807) is 6.07 Å². The van der Waals surface area contributed by atoms with Gasteiger partial charge in [-0.15, -0.1) is 0 Å². The summed E-state index contributed by atoms with van der Waals surface area (Å²) in [5.41, 5.74) is 0.126. The van der Waals surface area contributed by atoms with Crippen molar-refractivity contribution in [1.82, 2.24) is 0 Å². The van der Waals surface area contributed by atoms with Crippen molar-refractivity contribution in [3.05, 3.63) is 34.4 Å². The minimum atomic E-state index is -0.541. The van der Waals surface area contributed by atoms with Gasteiger partial charge >= 0.3 is 5.63 Å². The van der Waals surface area contributed by atoms with Crippen LogP contribution >= 0.6 is 0 Å². The largest absolute Gasteiger partial charge is 0.504 e. The summed E-state index contributed by atoms with van der Waals surface area (Å²) in [6.45, 7) is 0. The number of aryl methyl sites for hydroxylation is 1. The number of phenols is 2. The Labute approximate surface area is 118 Å². The smallest absolute Gasteiger partial charge is 0.347 e. The number of fused-ring (bicyclic) bond motifs is 3. The number of aromatic hydroxyl groups is 2. The highest BCUT2D eigenvalue weighted by Crippen LogP contribution is 2.35. The fraction of sp³-hybridized carbons (Fsp3) is 0.200. The average molecular weight is 287 g/mol. The van der Waals surface area contributed by atoms with Crippen LogP contribution in [-0.2, 0) is 6.42 Å². The highest BCUT2D eigenvalue weighted by molar-refractivity contribution is 6.05. The number of phenolic OH excluding ortho intramolecular Hbond substituents is 2. The molecule has 0 amide bonds. The average Bonchev–Trinajstić information content (AvgIpc) is 2.77. The van der Waals surface area contributed by atoms with E-state index in [1.807, 2.05) is 0 Å². The van der Waals surface area contributed by atoms with Crippen molar-refractivity contribution in [3.63, 3.8) is 0 Å². The molecule has 21 heavy (non-hydrogen) atoms. The molecule has 0 fully saturated rings. The SMILES string of the molecule is N=CCCCc1cc2oc3cc(O)c(O)cc3c2c(=O)o1. The van der Waals surface area contributed by atoms with Gasteiger partial charge in [0.15, 0.2) is 11.5 Å². The fourth-order valence-electron chi connectivity index (χ4n) is 2.30. The lowest BCUT2D eigenvalue weighted by Crippen LogP contribution is -2.01. The van der Waals surface area contributed by atoms with Crippen LogP contribution in [0.3, 0.4) is 0 Å². The van der Waals surface area contributed by atoms with E-state index < -0.39 is 5.63 Å². The van der Waals surface area contributed by atoms with Crippen LogP contribution < -0.4 is 5.63 Å². The van der Waals surface area contributed by atoms with Crippen molar-refractivity contribution in [3.8, 4) is 11.5 Å². The molecule has 0 aliphatic heterocycles. The number of hydrogen-bond acceptors (Lipinski definition) is 6. The molecule has 0 atom stereocenters. The molecule has 2 aromatic heterocycles. The summed E-state index contributed by atoms with van der Waals surface area (Å²) in [5, 5.41) is 26.6. The molecule has 0 bridgehead atoms. The Morgan fingerprint density at radius 1 is 1.10 bits per heavy atom. The molecule has 0 aliphatic rings. The number of benzene rings is 1. The first-order valence-corrected chi connectivity index (χ1v) is 6.50. The first kappa shape index (κ1) is 13.2. The second-order valence-corrected chi connectivity index (χ2v) is 4.77. The predicted octanol–water partition coefficient (Wildman–Crippen LogP) is 2.92. The standard InChI is InChI=1S/C15H13NO5/c16-4-2-1-3-8-5-13-14(15(19)20-8)9-6-10(17)11(18)7-12(9)21-13/h4-7,16-18H,1-3H2. The molecule has 108 valence electrons. The number of rotatable bonds is 4. The lowest BCUT2D eigenvalue weighted by molar-refractivity contribution is 0.404. The molecular formula is C15H13NO5. The van der Waals surface area contributed by atoms with Crippen LogP contribution in [-0.4, -0.2) is 16.4 Å². The van der Waals surface area contributed by atoms with Crippen molar-refractivity contribution >= 4 is 28.2 Å². The summed E-state index contributed by atoms with van der Waals surface area (Å²) in [6.07, 6.45) is 3.17. The Kier molecular flexibility index (Phi) is 3.13.